The fourth-order valence-electron chi connectivity index (χ4n) is 3.05. The number of hydrogen-bond donors (Lipinski definition) is 1. The van der Waals surface area contributed by atoms with Crippen molar-refractivity contribution in [1.82, 2.24) is 10.3 Å². The molecule has 0 radical (unpaired) electrons. The second-order valence-electron chi connectivity index (χ2n) is 6.09. The first-order valence-electron chi connectivity index (χ1n) is 7.41. The van der Waals surface area contributed by atoms with Crippen LogP contribution in [-0.4, -0.2) is 37.8 Å². The highest BCUT2D eigenvalue weighted by molar-refractivity contribution is 5.52. The zero-order valence-electron chi connectivity index (χ0n) is 13.4. The SMILES string of the molecule is CNCc1c(C)cc(C)nc1N1CCCC(C)(OC)C1. The van der Waals surface area contributed by atoms with E-state index in [2.05, 4.69) is 37.1 Å². The summed E-state index contributed by atoms with van der Waals surface area (Å²) >= 11 is 0. The van der Waals surface area contributed by atoms with Gasteiger partial charge in [-0.3, -0.25) is 0 Å². The minimum Gasteiger partial charge on any atom is -0.377 e. The van der Waals surface area contributed by atoms with Crippen LogP contribution in [0.3, 0.4) is 0 Å². The maximum atomic E-state index is 5.71. The molecule has 20 heavy (non-hydrogen) atoms. The van der Waals surface area contributed by atoms with Gasteiger partial charge in [-0.1, -0.05) is 0 Å². The van der Waals surface area contributed by atoms with Gasteiger partial charge < -0.3 is 15.0 Å². The maximum Gasteiger partial charge on any atom is 0.133 e. The number of rotatable bonds is 4. The van der Waals surface area contributed by atoms with Crippen molar-refractivity contribution in [2.45, 2.75) is 45.8 Å². The van der Waals surface area contributed by atoms with Crippen molar-refractivity contribution in [2.24, 2.45) is 0 Å². The Morgan fingerprint density at radius 2 is 2.20 bits per heavy atom. The van der Waals surface area contributed by atoms with Crippen LogP contribution in [0.1, 0.15) is 36.6 Å². The first-order valence-corrected chi connectivity index (χ1v) is 7.41. The van der Waals surface area contributed by atoms with E-state index in [0.29, 0.717) is 0 Å². The normalized spacial score (nSPS) is 23.1. The quantitative estimate of drug-likeness (QED) is 0.917. The lowest BCUT2D eigenvalue weighted by molar-refractivity contribution is -0.00485. The van der Waals surface area contributed by atoms with Crippen molar-refractivity contribution in [3.05, 3.63) is 22.9 Å². The molecule has 1 N–H and O–H groups in total. The molecule has 0 amide bonds. The third kappa shape index (κ3) is 3.13. The van der Waals surface area contributed by atoms with Crippen molar-refractivity contribution < 1.29 is 4.74 Å². The molecule has 1 aliphatic heterocycles. The highest BCUT2D eigenvalue weighted by atomic mass is 16.5. The fraction of sp³-hybridized carbons (Fsp3) is 0.688. The fourth-order valence-corrected chi connectivity index (χ4v) is 3.05. The van der Waals surface area contributed by atoms with E-state index in [0.717, 1.165) is 44.0 Å². The van der Waals surface area contributed by atoms with E-state index in [1.165, 1.54) is 11.1 Å². The van der Waals surface area contributed by atoms with Gasteiger partial charge in [0.1, 0.15) is 5.82 Å². The Kier molecular flexibility index (Phi) is 4.66. The van der Waals surface area contributed by atoms with E-state index < -0.39 is 0 Å². The van der Waals surface area contributed by atoms with Crippen molar-refractivity contribution >= 4 is 5.82 Å². The molecule has 0 aliphatic carbocycles. The maximum absolute atomic E-state index is 5.71. The molecule has 0 bridgehead atoms. The van der Waals surface area contributed by atoms with E-state index in [1.807, 2.05) is 14.2 Å². The average molecular weight is 277 g/mol. The summed E-state index contributed by atoms with van der Waals surface area (Å²) < 4.78 is 5.71. The van der Waals surface area contributed by atoms with Crippen LogP contribution in [0.25, 0.3) is 0 Å². The van der Waals surface area contributed by atoms with Crippen LogP contribution < -0.4 is 10.2 Å². The first kappa shape index (κ1) is 15.3. The number of piperidine rings is 1. The molecule has 1 unspecified atom stereocenters. The van der Waals surface area contributed by atoms with Gasteiger partial charge >= 0.3 is 0 Å². The molecule has 1 aromatic rings. The predicted molar refractivity (Wildman–Crippen MR) is 83.3 cm³/mol. The third-order valence-electron chi connectivity index (χ3n) is 4.26. The molecule has 2 rings (SSSR count). The smallest absolute Gasteiger partial charge is 0.133 e. The molecule has 1 aliphatic rings. The summed E-state index contributed by atoms with van der Waals surface area (Å²) in [5, 5.41) is 3.26. The van der Waals surface area contributed by atoms with Gasteiger partial charge in [-0.25, -0.2) is 4.98 Å². The molecule has 4 nitrogen and oxygen atoms in total. The van der Waals surface area contributed by atoms with E-state index in [9.17, 15) is 0 Å². The van der Waals surface area contributed by atoms with Gasteiger partial charge in [-0.2, -0.15) is 0 Å². The summed E-state index contributed by atoms with van der Waals surface area (Å²) in [7, 11) is 3.80. The minimum absolute atomic E-state index is 0.0610. The van der Waals surface area contributed by atoms with Gasteiger partial charge in [-0.05, 0) is 52.3 Å². The first-order chi connectivity index (χ1) is 9.49. The van der Waals surface area contributed by atoms with E-state index >= 15 is 0 Å². The molecule has 0 aromatic carbocycles. The van der Waals surface area contributed by atoms with E-state index in [1.54, 1.807) is 0 Å². The Bertz CT molecular complexity index is 475. The predicted octanol–water partition coefficient (Wildman–Crippen LogP) is 2.42. The van der Waals surface area contributed by atoms with Crippen LogP contribution in [0.15, 0.2) is 6.07 Å². The Labute approximate surface area is 122 Å². The highest BCUT2D eigenvalue weighted by Gasteiger charge is 2.32. The largest absolute Gasteiger partial charge is 0.377 e. The molecule has 112 valence electrons. The lowest BCUT2D eigenvalue weighted by Gasteiger charge is -2.41. The molecular formula is C16H27N3O. The lowest BCUT2D eigenvalue weighted by Crippen LogP contribution is -2.48. The number of hydrogen-bond acceptors (Lipinski definition) is 4. The minimum atomic E-state index is -0.0610. The van der Waals surface area contributed by atoms with E-state index in [-0.39, 0.29) is 5.60 Å². The summed E-state index contributed by atoms with van der Waals surface area (Å²) in [6.07, 6.45) is 2.27. The Hall–Kier alpha value is -1.13. The third-order valence-corrected chi connectivity index (χ3v) is 4.26. The van der Waals surface area contributed by atoms with Gasteiger partial charge in [0.15, 0.2) is 0 Å². The van der Waals surface area contributed by atoms with Gasteiger partial charge in [0.25, 0.3) is 0 Å². The second kappa shape index (κ2) is 6.10. The molecule has 0 spiro atoms. The second-order valence-corrected chi connectivity index (χ2v) is 6.09. The summed E-state index contributed by atoms with van der Waals surface area (Å²) in [5.41, 5.74) is 3.64. The molecule has 1 saturated heterocycles. The van der Waals surface area contributed by atoms with Crippen molar-refractivity contribution in [2.75, 3.05) is 32.1 Å². The zero-order chi connectivity index (χ0) is 14.8. The van der Waals surface area contributed by atoms with Crippen molar-refractivity contribution in [1.29, 1.82) is 0 Å². The highest BCUT2D eigenvalue weighted by Crippen LogP contribution is 2.30. The summed E-state index contributed by atoms with van der Waals surface area (Å²) in [4.78, 5) is 7.20. The average Bonchev–Trinajstić information content (AvgIpc) is 2.41. The van der Waals surface area contributed by atoms with Crippen LogP contribution >= 0.6 is 0 Å². The van der Waals surface area contributed by atoms with Crippen LogP contribution in [0.5, 0.6) is 0 Å². The Morgan fingerprint density at radius 3 is 2.85 bits per heavy atom. The summed E-state index contributed by atoms with van der Waals surface area (Å²) in [6, 6.07) is 2.16. The van der Waals surface area contributed by atoms with Gasteiger partial charge in [0, 0.05) is 38.0 Å². The van der Waals surface area contributed by atoms with Crippen LogP contribution in [0.4, 0.5) is 5.82 Å². The molecule has 4 heteroatoms. The molecular weight excluding hydrogens is 250 g/mol. The molecule has 2 heterocycles. The van der Waals surface area contributed by atoms with Gasteiger partial charge in [-0.15, -0.1) is 0 Å². The summed E-state index contributed by atoms with van der Waals surface area (Å²) in [5.74, 6) is 1.12. The number of aryl methyl sites for hydroxylation is 2. The Balaban J connectivity index is 2.35. The molecule has 1 fully saturated rings. The number of nitrogens with zero attached hydrogens (tertiary/aromatic N) is 2. The molecule has 0 saturated carbocycles. The van der Waals surface area contributed by atoms with E-state index in [4.69, 9.17) is 9.72 Å². The van der Waals surface area contributed by atoms with Crippen LogP contribution in [0.2, 0.25) is 0 Å². The number of methoxy groups -OCH3 is 1. The number of nitrogens with one attached hydrogen (secondary N) is 1. The monoisotopic (exact) mass is 277 g/mol. The van der Waals surface area contributed by atoms with Crippen molar-refractivity contribution in [3.8, 4) is 0 Å². The summed E-state index contributed by atoms with van der Waals surface area (Å²) in [6.45, 7) is 9.26. The standard InChI is InChI=1S/C16H27N3O/c1-12-9-13(2)18-15(14(12)10-17-4)19-8-6-7-16(3,11-19)20-5/h9,17H,6-8,10-11H2,1-5H3. The lowest BCUT2D eigenvalue weighted by atomic mass is 9.94. The zero-order valence-corrected chi connectivity index (χ0v) is 13.4. The topological polar surface area (TPSA) is 37.4 Å². The molecule has 1 atom stereocenters. The Morgan fingerprint density at radius 1 is 1.45 bits per heavy atom. The number of anilines is 1. The van der Waals surface area contributed by atoms with Gasteiger partial charge in [0.2, 0.25) is 0 Å². The van der Waals surface area contributed by atoms with Gasteiger partial charge in [0.05, 0.1) is 5.60 Å². The van der Waals surface area contributed by atoms with Crippen LogP contribution in [0, 0.1) is 13.8 Å². The molecule has 1 aromatic heterocycles. The number of ether oxygens (including phenoxy) is 1. The number of aromatic nitrogens is 1. The number of pyridine rings is 1. The van der Waals surface area contributed by atoms with Crippen LogP contribution in [-0.2, 0) is 11.3 Å². The van der Waals surface area contributed by atoms with Crippen molar-refractivity contribution in [3.63, 3.8) is 0 Å².